The normalized spacial score (nSPS) is 16.5. The summed E-state index contributed by atoms with van der Waals surface area (Å²) in [7, 11) is 1.48. The van der Waals surface area contributed by atoms with E-state index in [2.05, 4.69) is 0 Å². The number of nitrogens with zero attached hydrogens (tertiary/aromatic N) is 1. The van der Waals surface area contributed by atoms with Crippen molar-refractivity contribution in [2.45, 2.75) is 13.0 Å². The summed E-state index contributed by atoms with van der Waals surface area (Å²) in [6.45, 7) is 1.31. The van der Waals surface area contributed by atoms with E-state index in [-0.39, 0.29) is 12.4 Å². The summed E-state index contributed by atoms with van der Waals surface area (Å²) in [6.07, 6.45) is 3.81. The number of esters is 1. The lowest BCUT2D eigenvalue weighted by Gasteiger charge is -2.30. The highest BCUT2D eigenvalue weighted by Gasteiger charge is 2.27. The molecule has 0 saturated carbocycles. The maximum Gasteiger partial charge on any atom is 0.302 e. The maximum atomic E-state index is 11.1. The van der Waals surface area contributed by atoms with Gasteiger partial charge in [0.15, 0.2) is 0 Å². The Balaban J connectivity index is 2.44. The van der Waals surface area contributed by atoms with Gasteiger partial charge < -0.3 is 19.5 Å². The van der Waals surface area contributed by atoms with E-state index in [0.29, 0.717) is 23.3 Å². The molecule has 1 aromatic carbocycles. The molecule has 0 saturated heterocycles. The van der Waals surface area contributed by atoms with E-state index in [1.165, 1.54) is 31.2 Å². The Hall–Kier alpha value is -2.50. The minimum absolute atomic E-state index is 0.0119. The Bertz CT molecular complexity index is 567. The zero-order chi connectivity index (χ0) is 14.7. The van der Waals surface area contributed by atoms with E-state index in [1.54, 1.807) is 12.1 Å². The number of phenolic OH excluding ortho intramolecular Hbond substituents is 1. The average Bonchev–Trinajstić information content (AvgIpc) is 2.44. The number of methoxy groups -OCH3 is 1. The van der Waals surface area contributed by atoms with Crippen molar-refractivity contribution in [2.24, 2.45) is 0 Å². The lowest BCUT2D eigenvalue weighted by molar-refractivity contribution is -0.143. The fourth-order valence-electron chi connectivity index (χ4n) is 2.11. The molecule has 20 heavy (non-hydrogen) atoms. The topological polar surface area (TPSA) is 76.1 Å². The predicted octanol–water partition coefficient (Wildman–Crippen LogP) is 1.45. The van der Waals surface area contributed by atoms with Crippen LogP contribution in [0.3, 0.4) is 0 Å². The summed E-state index contributed by atoms with van der Waals surface area (Å²) >= 11 is 0. The lowest BCUT2D eigenvalue weighted by Crippen LogP contribution is -2.29. The van der Waals surface area contributed by atoms with Gasteiger partial charge in [-0.25, -0.2) is 0 Å². The Labute approximate surface area is 116 Å². The van der Waals surface area contributed by atoms with Gasteiger partial charge >= 0.3 is 5.97 Å². The van der Waals surface area contributed by atoms with Crippen LogP contribution in [0.5, 0.6) is 11.5 Å². The number of rotatable bonds is 4. The molecule has 1 unspecified atom stereocenters. The molecule has 6 nitrogen and oxygen atoms in total. The molecule has 1 atom stereocenters. The monoisotopic (exact) mass is 277 g/mol. The molecule has 6 heteroatoms. The van der Waals surface area contributed by atoms with Crippen LogP contribution in [-0.4, -0.2) is 36.1 Å². The Morgan fingerprint density at radius 3 is 2.85 bits per heavy atom. The average molecular weight is 277 g/mol. The molecule has 0 aromatic heterocycles. The van der Waals surface area contributed by atoms with E-state index in [0.717, 1.165) is 0 Å². The number of ether oxygens (including phenoxy) is 2. The van der Waals surface area contributed by atoms with Crippen molar-refractivity contribution in [1.82, 2.24) is 4.90 Å². The van der Waals surface area contributed by atoms with Crippen molar-refractivity contribution in [3.05, 3.63) is 29.5 Å². The number of hydrogen-bond acceptors (Lipinski definition) is 5. The summed E-state index contributed by atoms with van der Waals surface area (Å²) in [5, 5.41) is 9.98. The van der Waals surface area contributed by atoms with Gasteiger partial charge in [0.2, 0.25) is 6.41 Å². The standard InChI is InChI=1S/C14H15NO5/c1-9(17)20-7-13-12-5-10(19-2)6-14(18)11(12)3-4-15(13)8-16/h3-6,8,13,18H,7H2,1-2H3. The molecule has 0 aliphatic carbocycles. The van der Waals surface area contributed by atoms with Crippen LogP contribution in [0.1, 0.15) is 24.1 Å². The zero-order valence-electron chi connectivity index (χ0n) is 11.2. The number of carbonyl (C=O) groups excluding carboxylic acids is 2. The summed E-state index contributed by atoms with van der Waals surface area (Å²) in [6, 6.07) is 2.71. The Kier molecular flexibility index (Phi) is 3.93. The second-order valence-corrected chi connectivity index (χ2v) is 4.34. The van der Waals surface area contributed by atoms with Crippen molar-refractivity contribution in [2.75, 3.05) is 13.7 Å². The SMILES string of the molecule is COc1cc(O)c2c(c1)C(COC(C)=O)N(C=O)C=C2. The second kappa shape index (κ2) is 5.64. The first-order chi connectivity index (χ1) is 9.56. The van der Waals surface area contributed by atoms with Crippen LogP contribution in [0.4, 0.5) is 0 Å². The number of phenols is 1. The Morgan fingerprint density at radius 2 is 2.25 bits per heavy atom. The molecule has 0 fully saturated rings. The van der Waals surface area contributed by atoms with Gasteiger partial charge in [-0.2, -0.15) is 0 Å². The van der Waals surface area contributed by atoms with Crippen molar-refractivity contribution >= 4 is 18.5 Å². The minimum atomic E-state index is -0.489. The van der Waals surface area contributed by atoms with Crippen molar-refractivity contribution in [1.29, 1.82) is 0 Å². The van der Waals surface area contributed by atoms with Crippen LogP contribution in [0.15, 0.2) is 18.3 Å². The van der Waals surface area contributed by atoms with Gasteiger partial charge in [-0.15, -0.1) is 0 Å². The number of carbonyl (C=O) groups is 2. The Morgan fingerprint density at radius 1 is 1.50 bits per heavy atom. The first-order valence-corrected chi connectivity index (χ1v) is 6.02. The van der Waals surface area contributed by atoms with Crippen LogP contribution in [-0.2, 0) is 14.3 Å². The minimum Gasteiger partial charge on any atom is -0.507 e. The van der Waals surface area contributed by atoms with E-state index < -0.39 is 12.0 Å². The molecule has 2 rings (SSSR count). The number of aromatic hydroxyl groups is 1. The van der Waals surface area contributed by atoms with Crippen molar-refractivity contribution in [3.63, 3.8) is 0 Å². The smallest absolute Gasteiger partial charge is 0.302 e. The van der Waals surface area contributed by atoms with Crippen LogP contribution in [0.25, 0.3) is 6.08 Å². The highest BCUT2D eigenvalue weighted by atomic mass is 16.5. The predicted molar refractivity (Wildman–Crippen MR) is 71.0 cm³/mol. The molecule has 1 aromatic rings. The molecule has 0 bridgehead atoms. The van der Waals surface area contributed by atoms with E-state index in [9.17, 15) is 14.7 Å². The van der Waals surface area contributed by atoms with Gasteiger partial charge in [-0.1, -0.05) is 0 Å². The molecule has 1 heterocycles. The quantitative estimate of drug-likeness (QED) is 0.666. The zero-order valence-corrected chi connectivity index (χ0v) is 11.2. The third kappa shape index (κ3) is 2.59. The molecule has 0 spiro atoms. The lowest BCUT2D eigenvalue weighted by atomic mass is 9.95. The highest BCUT2D eigenvalue weighted by molar-refractivity contribution is 5.70. The van der Waals surface area contributed by atoms with Gasteiger partial charge in [0.05, 0.1) is 13.2 Å². The molecular weight excluding hydrogens is 262 g/mol. The van der Waals surface area contributed by atoms with Crippen molar-refractivity contribution in [3.8, 4) is 11.5 Å². The first-order valence-electron chi connectivity index (χ1n) is 6.02. The summed E-state index contributed by atoms with van der Waals surface area (Å²) in [5.74, 6) is 0.0864. The van der Waals surface area contributed by atoms with E-state index in [4.69, 9.17) is 9.47 Å². The molecule has 1 amide bonds. The number of benzene rings is 1. The van der Waals surface area contributed by atoms with Crippen LogP contribution >= 0.6 is 0 Å². The van der Waals surface area contributed by atoms with E-state index >= 15 is 0 Å². The molecule has 1 N–H and O–H groups in total. The largest absolute Gasteiger partial charge is 0.507 e. The first kappa shape index (κ1) is 13.9. The third-order valence-electron chi connectivity index (χ3n) is 3.10. The van der Waals surface area contributed by atoms with Crippen molar-refractivity contribution < 1.29 is 24.2 Å². The number of hydrogen-bond donors (Lipinski definition) is 1. The second-order valence-electron chi connectivity index (χ2n) is 4.34. The molecular formula is C14H15NO5. The summed E-state index contributed by atoms with van der Waals surface area (Å²) in [4.78, 5) is 23.4. The van der Waals surface area contributed by atoms with Crippen LogP contribution < -0.4 is 4.74 Å². The third-order valence-corrected chi connectivity index (χ3v) is 3.10. The van der Waals surface area contributed by atoms with Crippen LogP contribution in [0, 0.1) is 0 Å². The molecule has 1 aliphatic heterocycles. The number of fused-ring (bicyclic) bond motifs is 1. The highest BCUT2D eigenvalue weighted by Crippen LogP contribution is 2.37. The van der Waals surface area contributed by atoms with Gasteiger partial charge in [0, 0.05) is 24.8 Å². The fourth-order valence-corrected chi connectivity index (χ4v) is 2.11. The van der Waals surface area contributed by atoms with Crippen LogP contribution in [0.2, 0.25) is 0 Å². The van der Waals surface area contributed by atoms with Gasteiger partial charge in [-0.3, -0.25) is 9.59 Å². The van der Waals surface area contributed by atoms with E-state index in [1.807, 2.05) is 0 Å². The fraction of sp³-hybridized carbons (Fsp3) is 0.286. The summed E-state index contributed by atoms with van der Waals surface area (Å²) < 4.78 is 10.1. The molecule has 0 radical (unpaired) electrons. The molecule has 1 aliphatic rings. The van der Waals surface area contributed by atoms with Gasteiger partial charge in [0.25, 0.3) is 0 Å². The maximum absolute atomic E-state index is 11.1. The van der Waals surface area contributed by atoms with Gasteiger partial charge in [0.1, 0.15) is 18.1 Å². The van der Waals surface area contributed by atoms with Gasteiger partial charge in [-0.05, 0) is 17.7 Å². The molecule has 106 valence electrons. The summed E-state index contributed by atoms with van der Waals surface area (Å²) in [5.41, 5.74) is 1.25. The number of amides is 1.